The highest BCUT2D eigenvalue weighted by Gasteiger charge is 2.00. The molecule has 0 aliphatic carbocycles. The fourth-order valence-electron chi connectivity index (χ4n) is 0.186. The van der Waals surface area contributed by atoms with E-state index in [9.17, 15) is 0 Å². The molecule has 0 N–H and O–H groups in total. The predicted molar refractivity (Wildman–Crippen MR) is 33.3 cm³/mol. The molecule has 0 aromatic carbocycles. The minimum Gasteiger partial charge on any atom is -0.172 e. The first-order valence-corrected chi connectivity index (χ1v) is 2.08. The summed E-state index contributed by atoms with van der Waals surface area (Å²) >= 11 is 0. The predicted octanol–water partition coefficient (Wildman–Crippen LogP) is 0.483. The van der Waals surface area contributed by atoms with Crippen LogP contribution >= 0.6 is 0 Å². The van der Waals surface area contributed by atoms with Crippen molar-refractivity contribution in [1.29, 1.82) is 0 Å². The van der Waals surface area contributed by atoms with E-state index in [0.717, 1.165) is 0 Å². The second-order valence-electron chi connectivity index (χ2n) is 1.99. The van der Waals surface area contributed by atoms with E-state index in [1.165, 1.54) is 0 Å². The molecule has 0 aliphatic rings. The molecule has 0 heterocycles. The van der Waals surface area contributed by atoms with Crippen molar-refractivity contribution < 1.29 is 0 Å². The Bertz CT molecular complexity index is 99.5. The fourth-order valence-corrected chi connectivity index (χ4v) is 0.186. The van der Waals surface area contributed by atoms with Crippen molar-refractivity contribution in [3.8, 4) is 11.7 Å². The summed E-state index contributed by atoms with van der Waals surface area (Å²) in [5.41, 5.74) is 0. The first-order chi connectivity index (χ1) is 3.06. The van der Waals surface area contributed by atoms with E-state index in [1.807, 2.05) is 0 Å². The van der Waals surface area contributed by atoms with Crippen LogP contribution in [0.25, 0.3) is 0 Å². The molecule has 0 rings (SSSR count). The van der Waals surface area contributed by atoms with Gasteiger partial charge in [-0.15, -0.1) is 5.92 Å². The van der Waals surface area contributed by atoms with Crippen molar-refractivity contribution in [2.45, 2.75) is 19.2 Å². The normalized spacial score (nSPS) is 9.43. The quantitative estimate of drug-likeness (QED) is 0.298. The van der Waals surface area contributed by atoms with Gasteiger partial charge >= 0.3 is 0 Å². The lowest BCUT2D eigenvalue weighted by molar-refractivity contribution is 0.896. The monoisotopic (exact) mass is 88.1 g/mol. The van der Waals surface area contributed by atoms with Crippen molar-refractivity contribution in [3.63, 3.8) is 0 Å². The minimum atomic E-state index is -0.436. The third kappa shape index (κ3) is 5.69. The Kier molecular flexibility index (Phi) is 2.02. The van der Waals surface area contributed by atoms with E-state index in [4.69, 9.17) is 15.7 Å². The largest absolute Gasteiger partial charge is 0.187 e. The van der Waals surface area contributed by atoms with Crippen LogP contribution in [0.15, 0.2) is 0 Å². The van der Waals surface area contributed by atoms with Crippen LogP contribution in [0.4, 0.5) is 0 Å². The first kappa shape index (κ1) is 6.69. The van der Waals surface area contributed by atoms with E-state index >= 15 is 0 Å². The van der Waals surface area contributed by atoms with E-state index in [0.29, 0.717) is 0 Å². The summed E-state index contributed by atoms with van der Waals surface area (Å²) in [7, 11) is 10.3. The van der Waals surface area contributed by atoms with Gasteiger partial charge in [0, 0.05) is 0 Å². The lowest BCUT2D eigenvalue weighted by Crippen LogP contribution is -1.96. The molecule has 7 heavy (non-hydrogen) atoms. The Morgan fingerprint density at radius 1 is 1.43 bits per heavy atom. The van der Waals surface area contributed by atoms with Gasteiger partial charge in [0.15, 0.2) is 7.85 Å². The third-order valence-electron chi connectivity index (χ3n) is 0.394. The highest BCUT2D eigenvalue weighted by Crippen LogP contribution is 2.14. The maximum absolute atomic E-state index is 5.39. The molecule has 0 saturated heterocycles. The molecular weight excluding hydrogens is 81.7 g/mol. The van der Waals surface area contributed by atoms with Gasteiger partial charge in [0.05, 0.1) is 7.85 Å². The maximum atomic E-state index is 5.39. The number of hydrogen-bond acceptors (Lipinski definition) is 0. The van der Waals surface area contributed by atoms with Gasteiger partial charge in [-0.2, -0.15) is 5.82 Å². The van der Waals surface area contributed by atoms with Gasteiger partial charge in [-0.25, -0.2) is 0 Å². The van der Waals surface area contributed by atoms with Gasteiger partial charge in [-0.1, -0.05) is 13.8 Å². The Balaban J connectivity index is 3.72. The Morgan fingerprint density at radius 2 is 1.86 bits per heavy atom. The Labute approximate surface area is 47.5 Å². The summed E-state index contributed by atoms with van der Waals surface area (Å²) < 4.78 is 0. The van der Waals surface area contributed by atoms with Gasteiger partial charge in [0.2, 0.25) is 0 Å². The van der Waals surface area contributed by atoms with Gasteiger partial charge in [-0.05, 0) is 5.31 Å². The molecule has 32 valence electrons. The van der Waals surface area contributed by atoms with Crippen LogP contribution in [0.5, 0.6) is 0 Å². The number of rotatable bonds is 0. The first-order valence-electron chi connectivity index (χ1n) is 2.08. The van der Waals surface area contributed by atoms with Crippen LogP contribution in [0, 0.1) is 11.7 Å². The molecule has 0 amide bonds. The summed E-state index contributed by atoms with van der Waals surface area (Å²) in [6, 6.07) is 0. The maximum Gasteiger partial charge on any atom is 0.187 e. The van der Waals surface area contributed by atoms with Crippen LogP contribution in [-0.4, -0.2) is 15.7 Å². The fraction of sp³-hybridized carbons (Fsp3) is 0.600. The molecule has 0 fully saturated rings. The Morgan fingerprint density at radius 3 is 1.86 bits per heavy atom. The highest BCUT2D eigenvalue weighted by atomic mass is 13.9. The zero-order valence-electron chi connectivity index (χ0n) is 4.65. The summed E-state index contributed by atoms with van der Waals surface area (Å²) in [5.74, 6) is 4.82. The summed E-state index contributed by atoms with van der Waals surface area (Å²) in [4.78, 5) is 0. The van der Waals surface area contributed by atoms with Crippen LogP contribution < -0.4 is 0 Å². The third-order valence-corrected chi connectivity index (χ3v) is 0.394. The molecule has 0 saturated carbocycles. The zero-order chi connectivity index (χ0) is 5.91. The van der Waals surface area contributed by atoms with Gasteiger partial charge in [0.1, 0.15) is 0 Å². The molecule has 0 atom stereocenters. The molecule has 4 radical (unpaired) electrons. The average molecular weight is 87.7 g/mol. The van der Waals surface area contributed by atoms with Crippen molar-refractivity contribution in [3.05, 3.63) is 0 Å². The standard InChI is InChI=1S/C5H6B2/c1-5(2,7)3-4-6/h1-2H3. The van der Waals surface area contributed by atoms with Crippen molar-refractivity contribution in [1.82, 2.24) is 0 Å². The second-order valence-corrected chi connectivity index (χ2v) is 1.99. The van der Waals surface area contributed by atoms with Gasteiger partial charge < -0.3 is 0 Å². The summed E-state index contributed by atoms with van der Waals surface area (Å²) in [6.07, 6.45) is 0. The van der Waals surface area contributed by atoms with Crippen molar-refractivity contribution in [2.75, 3.05) is 0 Å². The highest BCUT2D eigenvalue weighted by molar-refractivity contribution is 6.24. The number of hydrogen-bond donors (Lipinski definition) is 0. The smallest absolute Gasteiger partial charge is 0.172 e. The minimum absolute atomic E-state index is 0.436. The Hall–Kier alpha value is -0.310. The topological polar surface area (TPSA) is 0 Å². The van der Waals surface area contributed by atoms with E-state index in [1.54, 1.807) is 13.8 Å². The molecule has 2 heteroatoms. The molecule has 0 spiro atoms. The van der Waals surface area contributed by atoms with Crippen LogP contribution in [0.2, 0.25) is 5.31 Å². The van der Waals surface area contributed by atoms with Gasteiger partial charge in [0.25, 0.3) is 0 Å². The van der Waals surface area contributed by atoms with Crippen LogP contribution in [-0.2, 0) is 0 Å². The van der Waals surface area contributed by atoms with Gasteiger partial charge in [-0.3, -0.25) is 0 Å². The molecular formula is C5H6B2. The van der Waals surface area contributed by atoms with E-state index < -0.39 is 5.31 Å². The molecule has 0 aromatic rings. The van der Waals surface area contributed by atoms with Crippen molar-refractivity contribution in [2.24, 2.45) is 0 Å². The van der Waals surface area contributed by atoms with Crippen LogP contribution in [0.3, 0.4) is 0 Å². The SMILES string of the molecule is [B]C#CC([B])(C)C. The van der Waals surface area contributed by atoms with Crippen LogP contribution in [0.1, 0.15) is 13.8 Å². The molecule has 0 aliphatic heterocycles. The summed E-state index contributed by atoms with van der Waals surface area (Å²) in [5, 5.41) is -0.436. The average Bonchev–Trinajstić information content (AvgIpc) is 1.30. The molecule has 0 unspecified atom stereocenters. The second kappa shape index (κ2) is 2.12. The molecule has 0 bridgehead atoms. The lowest BCUT2D eigenvalue weighted by Gasteiger charge is -2.06. The summed E-state index contributed by atoms with van der Waals surface area (Å²) in [6.45, 7) is 3.60. The van der Waals surface area contributed by atoms with E-state index in [2.05, 4.69) is 11.7 Å². The molecule has 0 nitrogen and oxygen atoms in total. The van der Waals surface area contributed by atoms with Crippen molar-refractivity contribution >= 4 is 15.7 Å². The lowest BCUT2D eigenvalue weighted by atomic mass is 9.73. The zero-order valence-corrected chi connectivity index (χ0v) is 4.65. The molecule has 0 aromatic heterocycles. The van der Waals surface area contributed by atoms with E-state index in [-0.39, 0.29) is 0 Å².